The van der Waals surface area contributed by atoms with Crippen LogP contribution in [0.15, 0.2) is 84.9 Å². The van der Waals surface area contributed by atoms with E-state index in [1.807, 2.05) is 12.1 Å². The smallest absolute Gasteiger partial charge is 0.280 e. The van der Waals surface area contributed by atoms with Gasteiger partial charge in [0, 0.05) is 64.5 Å². The molecule has 2 aliphatic rings. The van der Waals surface area contributed by atoms with Crippen molar-refractivity contribution in [2.24, 2.45) is 5.92 Å². The van der Waals surface area contributed by atoms with Crippen molar-refractivity contribution in [3.63, 3.8) is 0 Å². The first-order chi connectivity index (χ1) is 25.8. The number of amides is 2. The molecular weight excluding hydrogens is 734 g/mol. The van der Waals surface area contributed by atoms with E-state index in [0.29, 0.717) is 41.7 Å². The number of halogens is 1. The minimum atomic E-state index is -2.71. The average molecular weight is 784 g/mol. The van der Waals surface area contributed by atoms with Crippen molar-refractivity contribution in [1.29, 1.82) is 0 Å². The molecule has 9 nitrogen and oxygen atoms in total. The highest BCUT2D eigenvalue weighted by Gasteiger charge is 2.51. The summed E-state index contributed by atoms with van der Waals surface area (Å²) in [4.78, 5) is 38.6. The lowest BCUT2D eigenvalue weighted by molar-refractivity contribution is 0.0530. The highest BCUT2D eigenvalue weighted by atomic mass is 35.5. The number of rotatable bonds is 11. The van der Waals surface area contributed by atoms with Gasteiger partial charge in [-0.3, -0.25) is 14.5 Å². The molecule has 1 aliphatic heterocycles. The molecular formula is C42H50ClN5O4SSi. The Morgan fingerprint density at radius 2 is 1.57 bits per heavy atom. The summed E-state index contributed by atoms with van der Waals surface area (Å²) in [5.74, 6) is -0.552. The standard InChI is InChI=1S/C42H50ClN5O4SSi/c1-41(2,3)54(30-12-8-6-9-13-30,31-14-10-7-11-15-31)52-26-42(4,5)48-19-18-33-37(24-48)53-40(47-33)39(51)46-35-21-27(25-49)20-34(35)45-38(50)36-23-28-22-29(43)16-17-32(28)44-36/h6-17,22-23,27,34-35,44,49H,18-21,24-26H2,1-5H3,(H,45,50)(H,46,51). The third kappa shape index (κ3) is 7.67. The minimum absolute atomic E-state index is 0.0133. The van der Waals surface area contributed by atoms with E-state index < -0.39 is 8.32 Å². The van der Waals surface area contributed by atoms with E-state index in [1.54, 1.807) is 12.1 Å². The number of carbonyl (C=O) groups is 2. The van der Waals surface area contributed by atoms with Gasteiger partial charge >= 0.3 is 0 Å². The van der Waals surface area contributed by atoms with Crippen molar-refractivity contribution in [1.82, 2.24) is 25.5 Å². The van der Waals surface area contributed by atoms with E-state index in [1.165, 1.54) is 21.7 Å². The lowest BCUT2D eigenvalue weighted by Gasteiger charge is -2.47. The van der Waals surface area contributed by atoms with Crippen LogP contribution >= 0.6 is 22.9 Å². The Kier molecular flexibility index (Phi) is 10.9. The molecule has 2 amide bonds. The van der Waals surface area contributed by atoms with E-state index in [-0.39, 0.29) is 47.0 Å². The van der Waals surface area contributed by atoms with E-state index >= 15 is 0 Å². The van der Waals surface area contributed by atoms with Gasteiger partial charge < -0.3 is 25.2 Å². The van der Waals surface area contributed by atoms with Crippen LogP contribution in [0.4, 0.5) is 0 Å². The minimum Gasteiger partial charge on any atom is -0.406 e. The Balaban J connectivity index is 1.03. The number of H-pyrrole nitrogens is 1. The molecule has 5 aromatic rings. The lowest BCUT2D eigenvalue weighted by atomic mass is 10.0. The number of carbonyl (C=O) groups excluding carboxylic acids is 2. The molecule has 0 spiro atoms. The van der Waals surface area contributed by atoms with Gasteiger partial charge in [0.2, 0.25) is 0 Å². The van der Waals surface area contributed by atoms with Crippen molar-refractivity contribution < 1.29 is 19.1 Å². The quantitative estimate of drug-likeness (QED) is 0.117. The molecule has 1 aliphatic carbocycles. The normalized spacial score (nSPS) is 19.5. The fourth-order valence-electron chi connectivity index (χ4n) is 8.26. The molecule has 0 radical (unpaired) electrons. The first kappa shape index (κ1) is 38.4. The van der Waals surface area contributed by atoms with Crippen LogP contribution in [0.1, 0.15) is 78.3 Å². The van der Waals surface area contributed by atoms with Crippen LogP contribution in [0.5, 0.6) is 0 Å². The maximum absolute atomic E-state index is 13.7. The maximum Gasteiger partial charge on any atom is 0.280 e. The fraction of sp³-hybridized carbons (Fsp3) is 0.405. The maximum atomic E-state index is 13.7. The van der Waals surface area contributed by atoms with Gasteiger partial charge in [-0.25, -0.2) is 4.98 Å². The highest BCUT2D eigenvalue weighted by Crippen LogP contribution is 2.38. The zero-order valence-corrected chi connectivity index (χ0v) is 34.2. The summed E-state index contributed by atoms with van der Waals surface area (Å²) in [7, 11) is -2.71. The molecule has 54 heavy (non-hydrogen) atoms. The van der Waals surface area contributed by atoms with Crippen LogP contribution in [-0.4, -0.2) is 77.5 Å². The van der Waals surface area contributed by atoms with Crippen molar-refractivity contribution in [2.75, 3.05) is 19.8 Å². The van der Waals surface area contributed by atoms with E-state index in [4.69, 9.17) is 21.0 Å². The number of nitrogens with one attached hydrogen (secondary N) is 3. The summed E-state index contributed by atoms with van der Waals surface area (Å²) in [5.41, 5.74) is 1.91. The van der Waals surface area contributed by atoms with E-state index in [0.717, 1.165) is 34.4 Å². The Bertz CT molecular complexity index is 2080. The summed E-state index contributed by atoms with van der Waals surface area (Å²) in [6, 6.07) is 28.0. The fourth-order valence-corrected chi connectivity index (χ4v) is 14.2. The zero-order chi connectivity index (χ0) is 38.3. The molecule has 4 N–H and O–H groups in total. The Morgan fingerprint density at radius 3 is 2.19 bits per heavy atom. The monoisotopic (exact) mass is 783 g/mol. The van der Waals surface area contributed by atoms with Gasteiger partial charge in [0.25, 0.3) is 20.1 Å². The molecule has 12 heteroatoms. The van der Waals surface area contributed by atoms with Gasteiger partial charge in [-0.05, 0) is 72.3 Å². The van der Waals surface area contributed by atoms with Crippen LogP contribution in [0.25, 0.3) is 10.9 Å². The third-order valence-corrected chi connectivity index (χ3v) is 17.5. The first-order valence-electron chi connectivity index (χ1n) is 18.8. The van der Waals surface area contributed by atoms with Gasteiger partial charge in [-0.1, -0.05) is 93.0 Å². The lowest BCUT2D eigenvalue weighted by Crippen LogP contribution is -2.68. The number of aliphatic hydroxyl groups excluding tert-OH is 1. The van der Waals surface area contributed by atoms with Crippen molar-refractivity contribution in [3.8, 4) is 0 Å². The summed E-state index contributed by atoms with van der Waals surface area (Å²) in [5, 5.41) is 20.5. The van der Waals surface area contributed by atoms with Gasteiger partial charge in [-0.15, -0.1) is 11.3 Å². The van der Waals surface area contributed by atoms with Gasteiger partial charge in [0.15, 0.2) is 5.01 Å². The zero-order valence-electron chi connectivity index (χ0n) is 31.6. The summed E-state index contributed by atoms with van der Waals surface area (Å²) >= 11 is 7.59. The topological polar surface area (TPSA) is 120 Å². The molecule has 1 fully saturated rings. The summed E-state index contributed by atoms with van der Waals surface area (Å²) < 4.78 is 7.36. The largest absolute Gasteiger partial charge is 0.406 e. The third-order valence-electron chi connectivity index (χ3n) is 11.2. The van der Waals surface area contributed by atoms with Crippen molar-refractivity contribution >= 4 is 64.3 Å². The second-order valence-corrected chi connectivity index (χ2v) is 22.2. The molecule has 284 valence electrons. The average Bonchev–Trinajstić information content (AvgIpc) is 3.88. The van der Waals surface area contributed by atoms with Crippen LogP contribution in [-0.2, 0) is 17.4 Å². The number of thiazole rings is 1. The molecule has 3 heterocycles. The number of aromatic nitrogens is 2. The molecule has 2 aromatic heterocycles. The van der Waals surface area contributed by atoms with E-state index in [9.17, 15) is 14.7 Å². The van der Waals surface area contributed by atoms with Crippen LogP contribution < -0.4 is 21.0 Å². The number of aromatic amines is 1. The van der Waals surface area contributed by atoms with Crippen LogP contribution in [0.3, 0.4) is 0 Å². The van der Waals surface area contributed by atoms with Gasteiger partial charge in [0.05, 0.1) is 12.3 Å². The second-order valence-electron chi connectivity index (χ2n) is 16.4. The number of hydrogen-bond donors (Lipinski definition) is 4. The van der Waals surface area contributed by atoms with Gasteiger partial charge in [-0.2, -0.15) is 0 Å². The number of fused-ring (bicyclic) bond motifs is 2. The highest BCUT2D eigenvalue weighted by molar-refractivity contribution is 7.13. The van der Waals surface area contributed by atoms with Crippen molar-refractivity contribution in [3.05, 3.63) is 111 Å². The molecule has 3 unspecified atom stereocenters. The summed E-state index contributed by atoms with van der Waals surface area (Å²) in [6.45, 7) is 13.4. The Morgan fingerprint density at radius 1 is 0.944 bits per heavy atom. The molecule has 3 aromatic carbocycles. The number of hydrogen-bond acceptors (Lipinski definition) is 7. The number of aliphatic hydroxyl groups is 1. The first-order valence-corrected chi connectivity index (χ1v) is 21.9. The second kappa shape index (κ2) is 15.4. The molecule has 3 atom stereocenters. The van der Waals surface area contributed by atoms with Gasteiger partial charge in [0.1, 0.15) is 5.69 Å². The predicted octanol–water partition coefficient (Wildman–Crippen LogP) is 6.29. The van der Waals surface area contributed by atoms with Crippen molar-refractivity contribution in [2.45, 2.75) is 83.1 Å². The number of benzene rings is 3. The molecule has 1 saturated carbocycles. The Labute approximate surface area is 327 Å². The SMILES string of the molecule is CC(C)(CO[Si](c1ccccc1)(c1ccccc1)C(C)(C)C)N1CCc2nc(C(=O)NC3CC(CO)CC3NC(=O)c3cc4cc(Cl)ccc4[nH]3)sc2C1. The van der Waals surface area contributed by atoms with Crippen LogP contribution in [0, 0.1) is 5.92 Å². The molecule has 0 bridgehead atoms. The Hall–Kier alpha value is -3.84. The molecule has 7 rings (SSSR count). The number of nitrogens with zero attached hydrogens (tertiary/aromatic N) is 2. The van der Waals surface area contributed by atoms with E-state index in [2.05, 4.69) is 116 Å². The van der Waals surface area contributed by atoms with Crippen LogP contribution in [0.2, 0.25) is 10.1 Å². The predicted molar refractivity (Wildman–Crippen MR) is 220 cm³/mol. The molecule has 0 saturated heterocycles. The summed E-state index contributed by atoms with van der Waals surface area (Å²) in [6.07, 6.45) is 1.87.